The van der Waals surface area contributed by atoms with Gasteiger partial charge in [-0.15, -0.1) is 0 Å². The zero-order valence-corrected chi connectivity index (χ0v) is 10.8. The first-order chi connectivity index (χ1) is 8.76. The van der Waals surface area contributed by atoms with Crippen LogP contribution < -0.4 is 5.73 Å². The Hall–Kier alpha value is -0.970. The lowest BCUT2D eigenvalue weighted by molar-refractivity contribution is -0.0676. The molecular formula is C14H21FN2O. The number of ether oxygens (including phenoxy) is 1. The maximum Gasteiger partial charge on any atom is 0.123 e. The molecule has 1 heterocycles. The van der Waals surface area contributed by atoms with Gasteiger partial charge < -0.3 is 10.5 Å². The van der Waals surface area contributed by atoms with Crippen LogP contribution in [-0.2, 0) is 4.74 Å². The molecule has 0 aromatic heterocycles. The van der Waals surface area contributed by atoms with Crippen LogP contribution in [0.5, 0.6) is 0 Å². The number of hydrogen-bond acceptors (Lipinski definition) is 3. The van der Waals surface area contributed by atoms with Crippen LogP contribution in [0.4, 0.5) is 4.39 Å². The van der Waals surface area contributed by atoms with Crippen LogP contribution in [0.15, 0.2) is 24.3 Å². The third-order valence-electron chi connectivity index (χ3n) is 3.41. The molecule has 100 valence electrons. The minimum Gasteiger partial charge on any atom is -0.374 e. The molecule has 18 heavy (non-hydrogen) atoms. The molecule has 0 radical (unpaired) electrons. The highest BCUT2D eigenvalue weighted by Gasteiger charge is 2.32. The largest absolute Gasteiger partial charge is 0.374 e. The predicted molar refractivity (Wildman–Crippen MR) is 69.8 cm³/mol. The van der Waals surface area contributed by atoms with Gasteiger partial charge in [-0.25, -0.2) is 4.39 Å². The number of nitrogens with zero attached hydrogens (tertiary/aromatic N) is 1. The second-order valence-corrected chi connectivity index (χ2v) is 4.68. The molecule has 1 aliphatic heterocycles. The minimum absolute atomic E-state index is 0.00392. The van der Waals surface area contributed by atoms with Crippen molar-refractivity contribution in [3.05, 3.63) is 35.6 Å². The summed E-state index contributed by atoms with van der Waals surface area (Å²) in [4.78, 5) is 2.38. The third-order valence-corrected chi connectivity index (χ3v) is 3.41. The van der Waals surface area contributed by atoms with Crippen molar-refractivity contribution in [2.45, 2.75) is 25.5 Å². The lowest BCUT2D eigenvalue weighted by Gasteiger charge is -2.41. The Morgan fingerprint density at radius 1 is 1.39 bits per heavy atom. The maximum atomic E-state index is 13.0. The Labute approximate surface area is 108 Å². The number of nitrogens with two attached hydrogens (primary N) is 1. The van der Waals surface area contributed by atoms with E-state index >= 15 is 0 Å². The molecule has 3 nitrogen and oxygen atoms in total. The molecular weight excluding hydrogens is 231 g/mol. The highest BCUT2D eigenvalue weighted by Crippen LogP contribution is 2.29. The summed E-state index contributed by atoms with van der Waals surface area (Å²) in [6.07, 6.45) is 1.09. The number of hydrogen-bond donors (Lipinski definition) is 1. The van der Waals surface area contributed by atoms with Crippen LogP contribution in [0.3, 0.4) is 0 Å². The molecule has 1 saturated heterocycles. The SMILES string of the molecule is CCCN1CCOC(CN)C1c1ccc(F)cc1. The molecule has 1 aliphatic rings. The molecule has 1 aromatic rings. The van der Waals surface area contributed by atoms with Crippen molar-refractivity contribution < 1.29 is 9.13 Å². The third kappa shape index (κ3) is 2.88. The Bertz CT molecular complexity index is 367. The van der Waals surface area contributed by atoms with E-state index in [-0.39, 0.29) is 18.0 Å². The zero-order chi connectivity index (χ0) is 13.0. The summed E-state index contributed by atoms with van der Waals surface area (Å²) >= 11 is 0. The molecule has 0 saturated carbocycles. The Kier molecular flexibility index (Phi) is 4.69. The first-order valence-electron chi connectivity index (χ1n) is 6.57. The van der Waals surface area contributed by atoms with Gasteiger partial charge in [-0.1, -0.05) is 19.1 Å². The van der Waals surface area contributed by atoms with Crippen molar-refractivity contribution in [1.29, 1.82) is 0 Å². The van der Waals surface area contributed by atoms with E-state index in [4.69, 9.17) is 10.5 Å². The van der Waals surface area contributed by atoms with Crippen LogP contribution >= 0.6 is 0 Å². The van der Waals surface area contributed by atoms with Crippen LogP contribution in [0.2, 0.25) is 0 Å². The van der Waals surface area contributed by atoms with E-state index in [1.807, 2.05) is 12.1 Å². The zero-order valence-electron chi connectivity index (χ0n) is 10.8. The average molecular weight is 252 g/mol. The standard InChI is InChI=1S/C14H21FN2O/c1-2-7-17-8-9-18-13(10-16)14(17)11-3-5-12(15)6-4-11/h3-6,13-14H,2,7-10,16H2,1H3. The molecule has 2 N–H and O–H groups in total. The summed E-state index contributed by atoms with van der Waals surface area (Å²) in [7, 11) is 0. The number of rotatable bonds is 4. The fourth-order valence-corrected chi connectivity index (χ4v) is 2.61. The van der Waals surface area contributed by atoms with Crippen molar-refractivity contribution in [2.75, 3.05) is 26.2 Å². The molecule has 0 bridgehead atoms. The van der Waals surface area contributed by atoms with E-state index in [0.717, 1.165) is 31.7 Å². The molecule has 1 fully saturated rings. The summed E-state index contributed by atoms with van der Waals surface area (Å²) in [6.45, 7) is 5.30. The van der Waals surface area contributed by atoms with Crippen molar-refractivity contribution in [3.63, 3.8) is 0 Å². The minimum atomic E-state index is -0.207. The molecule has 0 spiro atoms. The van der Waals surface area contributed by atoms with Crippen molar-refractivity contribution in [2.24, 2.45) is 5.73 Å². The van der Waals surface area contributed by atoms with E-state index in [2.05, 4.69) is 11.8 Å². The monoisotopic (exact) mass is 252 g/mol. The second-order valence-electron chi connectivity index (χ2n) is 4.68. The van der Waals surface area contributed by atoms with Gasteiger partial charge >= 0.3 is 0 Å². The topological polar surface area (TPSA) is 38.5 Å². The molecule has 0 aliphatic carbocycles. The lowest BCUT2D eigenvalue weighted by Crippen LogP contribution is -2.48. The molecule has 0 amide bonds. The van der Waals surface area contributed by atoms with Crippen LogP contribution in [0, 0.1) is 5.82 Å². The van der Waals surface area contributed by atoms with Gasteiger partial charge in [-0.2, -0.15) is 0 Å². The van der Waals surface area contributed by atoms with Crippen LogP contribution in [0.25, 0.3) is 0 Å². The number of morpholine rings is 1. The lowest BCUT2D eigenvalue weighted by atomic mass is 9.97. The van der Waals surface area contributed by atoms with Gasteiger partial charge in [0.15, 0.2) is 0 Å². The number of benzene rings is 1. The smallest absolute Gasteiger partial charge is 0.123 e. The summed E-state index contributed by atoms with van der Waals surface area (Å²) in [6, 6.07) is 6.81. The highest BCUT2D eigenvalue weighted by molar-refractivity contribution is 5.22. The normalized spacial score (nSPS) is 25.3. The van der Waals surface area contributed by atoms with Crippen LogP contribution in [0.1, 0.15) is 24.9 Å². The quantitative estimate of drug-likeness (QED) is 0.890. The Morgan fingerprint density at radius 3 is 2.72 bits per heavy atom. The predicted octanol–water partition coefficient (Wildman–Crippen LogP) is 1.94. The van der Waals surface area contributed by atoms with Gasteiger partial charge in [-0.05, 0) is 30.7 Å². The van der Waals surface area contributed by atoms with Gasteiger partial charge in [0.05, 0.1) is 18.8 Å². The van der Waals surface area contributed by atoms with Gasteiger partial charge in [0.25, 0.3) is 0 Å². The fraction of sp³-hybridized carbons (Fsp3) is 0.571. The van der Waals surface area contributed by atoms with E-state index < -0.39 is 0 Å². The Balaban J connectivity index is 2.24. The molecule has 2 rings (SSSR count). The summed E-state index contributed by atoms with van der Waals surface area (Å²) in [5.74, 6) is -0.207. The van der Waals surface area contributed by atoms with Crippen molar-refractivity contribution in [1.82, 2.24) is 4.90 Å². The first-order valence-corrected chi connectivity index (χ1v) is 6.57. The second kappa shape index (κ2) is 6.27. The van der Waals surface area contributed by atoms with E-state index in [9.17, 15) is 4.39 Å². The summed E-state index contributed by atoms with van der Waals surface area (Å²) < 4.78 is 18.7. The van der Waals surface area contributed by atoms with Crippen molar-refractivity contribution in [3.8, 4) is 0 Å². The summed E-state index contributed by atoms with van der Waals surface area (Å²) in [5, 5.41) is 0. The fourth-order valence-electron chi connectivity index (χ4n) is 2.61. The maximum absolute atomic E-state index is 13.0. The van der Waals surface area contributed by atoms with Gasteiger partial charge in [-0.3, -0.25) is 4.90 Å². The van der Waals surface area contributed by atoms with Crippen molar-refractivity contribution >= 4 is 0 Å². The van der Waals surface area contributed by atoms with Gasteiger partial charge in [0.2, 0.25) is 0 Å². The molecule has 2 atom stereocenters. The average Bonchev–Trinajstić information content (AvgIpc) is 2.40. The van der Waals surface area contributed by atoms with Gasteiger partial charge in [0.1, 0.15) is 5.82 Å². The number of halogens is 1. The highest BCUT2D eigenvalue weighted by atomic mass is 19.1. The Morgan fingerprint density at radius 2 is 2.11 bits per heavy atom. The van der Waals surface area contributed by atoms with E-state index in [0.29, 0.717) is 6.54 Å². The molecule has 2 unspecified atom stereocenters. The van der Waals surface area contributed by atoms with Gasteiger partial charge in [0, 0.05) is 13.1 Å². The van der Waals surface area contributed by atoms with E-state index in [1.54, 1.807) is 0 Å². The van der Waals surface area contributed by atoms with Crippen LogP contribution in [-0.4, -0.2) is 37.2 Å². The molecule has 1 aromatic carbocycles. The molecule has 4 heteroatoms. The first kappa shape index (κ1) is 13.5. The summed E-state index contributed by atoms with van der Waals surface area (Å²) in [5.41, 5.74) is 6.88. The van der Waals surface area contributed by atoms with E-state index in [1.165, 1.54) is 12.1 Å².